The number of carbonyl (C=O) groups is 1. The lowest BCUT2D eigenvalue weighted by Gasteiger charge is -2.21. The maximum absolute atomic E-state index is 10.9. The van der Waals surface area contributed by atoms with Gasteiger partial charge in [-0.25, -0.2) is 4.79 Å². The molecule has 5 heteroatoms. The molecule has 1 aliphatic heterocycles. The van der Waals surface area contributed by atoms with Gasteiger partial charge >= 0.3 is 5.97 Å². The van der Waals surface area contributed by atoms with E-state index in [0.29, 0.717) is 0 Å². The number of hydrogen-bond acceptors (Lipinski definition) is 4. The molecule has 0 spiro atoms. The maximum Gasteiger partial charge on any atom is 0.336 e. The Hall–Kier alpha value is -1.88. The summed E-state index contributed by atoms with van der Waals surface area (Å²) in [6.45, 7) is 0. The number of benzene rings is 1. The van der Waals surface area contributed by atoms with Gasteiger partial charge in [-0.05, 0) is 6.07 Å². The zero-order valence-electron chi connectivity index (χ0n) is 7.75. The summed E-state index contributed by atoms with van der Waals surface area (Å²) < 4.78 is 0. The van der Waals surface area contributed by atoms with Gasteiger partial charge in [-0.2, -0.15) is 0 Å². The first-order valence-electron chi connectivity index (χ1n) is 4.39. The van der Waals surface area contributed by atoms with Gasteiger partial charge in [-0.1, -0.05) is 23.4 Å². The molecule has 2 rings (SSSR count). The Balaban J connectivity index is 2.47. The largest absolute Gasteiger partial charge is 0.478 e. The summed E-state index contributed by atoms with van der Waals surface area (Å²) in [6, 6.07) is 6.16. The second-order valence-corrected chi connectivity index (χ2v) is 3.22. The van der Waals surface area contributed by atoms with E-state index in [1.807, 2.05) is 0 Å². The molecule has 0 radical (unpaired) electrons. The number of oxime groups is 1. The average molecular weight is 207 g/mol. The Morgan fingerprint density at radius 2 is 2.20 bits per heavy atom. The lowest BCUT2D eigenvalue weighted by Crippen LogP contribution is -2.27. The summed E-state index contributed by atoms with van der Waals surface area (Å²) in [5.74, 6) is -2.75. The van der Waals surface area contributed by atoms with Crippen LogP contribution < -0.4 is 0 Å². The molecule has 0 saturated heterocycles. The Bertz CT molecular complexity index is 419. The van der Waals surface area contributed by atoms with E-state index in [1.165, 1.54) is 18.3 Å². The van der Waals surface area contributed by atoms with Crippen LogP contribution in [0.25, 0.3) is 0 Å². The van der Waals surface area contributed by atoms with Crippen molar-refractivity contribution in [2.75, 3.05) is 0 Å². The van der Waals surface area contributed by atoms with Crippen molar-refractivity contribution in [1.82, 2.24) is 0 Å². The number of nitrogens with zero attached hydrogens (tertiary/aromatic N) is 1. The predicted molar refractivity (Wildman–Crippen MR) is 51.5 cm³/mol. The van der Waals surface area contributed by atoms with Crippen molar-refractivity contribution in [1.29, 1.82) is 0 Å². The minimum atomic E-state index is -1.64. The molecule has 78 valence electrons. The van der Waals surface area contributed by atoms with Crippen molar-refractivity contribution in [2.45, 2.75) is 12.2 Å². The summed E-state index contributed by atoms with van der Waals surface area (Å²) in [4.78, 5) is 15.7. The standard InChI is InChI=1S/C10H9NO4/c12-9(13)7-3-1-2-4-8(7)10(14)5-6-11-15-10/h1-4,6,14H,5H2,(H,12,13). The molecule has 0 saturated carbocycles. The highest BCUT2D eigenvalue weighted by Crippen LogP contribution is 2.31. The molecule has 1 heterocycles. The van der Waals surface area contributed by atoms with Gasteiger partial charge in [0.2, 0.25) is 0 Å². The molecule has 0 aliphatic carbocycles. The molecule has 2 N–H and O–H groups in total. The van der Waals surface area contributed by atoms with Crippen LogP contribution in [0.15, 0.2) is 29.4 Å². The first kappa shape index (κ1) is 9.67. The fourth-order valence-electron chi connectivity index (χ4n) is 1.49. The Labute approximate surface area is 85.6 Å². The van der Waals surface area contributed by atoms with Crippen LogP contribution in [0.1, 0.15) is 22.3 Å². The van der Waals surface area contributed by atoms with Crippen molar-refractivity contribution in [3.8, 4) is 0 Å². The smallest absolute Gasteiger partial charge is 0.336 e. The molecule has 1 unspecified atom stereocenters. The molecule has 0 amide bonds. The van der Waals surface area contributed by atoms with Gasteiger partial charge in [-0.15, -0.1) is 0 Å². The van der Waals surface area contributed by atoms with Gasteiger partial charge in [0.05, 0.1) is 18.2 Å². The van der Waals surface area contributed by atoms with Crippen LogP contribution in [0.2, 0.25) is 0 Å². The van der Waals surface area contributed by atoms with E-state index >= 15 is 0 Å². The van der Waals surface area contributed by atoms with Crippen LogP contribution in [0, 0.1) is 0 Å². The van der Waals surface area contributed by atoms with Crippen LogP contribution in [0.5, 0.6) is 0 Å². The Morgan fingerprint density at radius 3 is 2.80 bits per heavy atom. The normalized spacial score (nSPS) is 23.8. The van der Waals surface area contributed by atoms with E-state index in [1.54, 1.807) is 12.1 Å². The highest BCUT2D eigenvalue weighted by Gasteiger charge is 2.37. The summed E-state index contributed by atoms with van der Waals surface area (Å²) in [6.07, 6.45) is 1.55. The lowest BCUT2D eigenvalue weighted by molar-refractivity contribution is -0.193. The number of aromatic carboxylic acids is 1. The minimum Gasteiger partial charge on any atom is -0.478 e. The predicted octanol–water partition coefficient (Wildman–Crippen LogP) is 0.936. The van der Waals surface area contributed by atoms with Crippen LogP contribution >= 0.6 is 0 Å². The number of aliphatic hydroxyl groups is 1. The topological polar surface area (TPSA) is 79.1 Å². The molecular weight excluding hydrogens is 198 g/mol. The molecule has 5 nitrogen and oxygen atoms in total. The molecule has 1 aromatic rings. The molecule has 15 heavy (non-hydrogen) atoms. The average Bonchev–Trinajstić information content (AvgIpc) is 2.66. The van der Waals surface area contributed by atoms with E-state index in [4.69, 9.17) is 9.94 Å². The van der Waals surface area contributed by atoms with Crippen molar-refractivity contribution in [3.63, 3.8) is 0 Å². The molecule has 1 atom stereocenters. The third-order valence-corrected chi connectivity index (χ3v) is 2.22. The van der Waals surface area contributed by atoms with Crippen LogP contribution in [-0.4, -0.2) is 22.4 Å². The first-order chi connectivity index (χ1) is 7.13. The molecule has 0 aromatic heterocycles. The van der Waals surface area contributed by atoms with Crippen molar-refractivity contribution >= 4 is 12.2 Å². The summed E-state index contributed by atoms with van der Waals surface area (Å²) in [5.41, 5.74) is 0.237. The molecule has 0 bridgehead atoms. The number of hydrogen-bond donors (Lipinski definition) is 2. The van der Waals surface area contributed by atoms with Gasteiger partial charge in [-0.3, -0.25) is 0 Å². The van der Waals surface area contributed by atoms with Crippen molar-refractivity contribution < 1.29 is 19.8 Å². The molecule has 1 aromatic carbocycles. The minimum absolute atomic E-state index is 0.0190. The van der Waals surface area contributed by atoms with Crippen molar-refractivity contribution in [3.05, 3.63) is 35.4 Å². The third kappa shape index (κ3) is 1.57. The maximum atomic E-state index is 10.9. The third-order valence-electron chi connectivity index (χ3n) is 2.22. The Kier molecular flexibility index (Phi) is 2.17. The number of carboxylic acids is 1. The SMILES string of the molecule is O=C(O)c1ccccc1C1(O)CC=NO1. The highest BCUT2D eigenvalue weighted by atomic mass is 16.7. The number of carboxylic acid groups (broad SMARTS) is 1. The van der Waals surface area contributed by atoms with E-state index in [0.717, 1.165) is 0 Å². The van der Waals surface area contributed by atoms with Crippen LogP contribution in [0.3, 0.4) is 0 Å². The van der Waals surface area contributed by atoms with E-state index in [9.17, 15) is 9.90 Å². The zero-order chi connectivity index (χ0) is 10.9. The van der Waals surface area contributed by atoms with Gasteiger partial charge in [0, 0.05) is 5.56 Å². The van der Waals surface area contributed by atoms with Gasteiger partial charge in [0.1, 0.15) is 0 Å². The van der Waals surface area contributed by atoms with Crippen molar-refractivity contribution in [2.24, 2.45) is 5.16 Å². The fourth-order valence-corrected chi connectivity index (χ4v) is 1.49. The Morgan fingerprint density at radius 1 is 1.47 bits per heavy atom. The first-order valence-corrected chi connectivity index (χ1v) is 4.39. The summed E-state index contributed by atoms with van der Waals surface area (Å²) in [5, 5.41) is 22.4. The van der Waals surface area contributed by atoms with Crippen LogP contribution in [0.4, 0.5) is 0 Å². The van der Waals surface area contributed by atoms with E-state index in [2.05, 4.69) is 5.16 Å². The quantitative estimate of drug-likeness (QED) is 0.756. The number of rotatable bonds is 2. The highest BCUT2D eigenvalue weighted by molar-refractivity contribution is 5.89. The van der Waals surface area contributed by atoms with Gasteiger partial charge in [0.25, 0.3) is 5.79 Å². The second-order valence-electron chi connectivity index (χ2n) is 3.22. The summed E-state index contributed by atoms with van der Waals surface area (Å²) >= 11 is 0. The lowest BCUT2D eigenvalue weighted by atomic mass is 9.97. The fraction of sp³-hybridized carbons (Fsp3) is 0.200. The van der Waals surface area contributed by atoms with Crippen LogP contribution in [-0.2, 0) is 10.6 Å². The van der Waals surface area contributed by atoms with Gasteiger partial charge in [0.15, 0.2) is 0 Å². The molecule has 1 aliphatic rings. The monoisotopic (exact) mass is 207 g/mol. The molecular formula is C10H9NO4. The van der Waals surface area contributed by atoms with E-state index < -0.39 is 11.8 Å². The molecule has 0 fully saturated rings. The second kappa shape index (κ2) is 3.36. The zero-order valence-corrected chi connectivity index (χ0v) is 7.75. The summed E-state index contributed by atoms with van der Waals surface area (Å²) in [7, 11) is 0. The van der Waals surface area contributed by atoms with Gasteiger partial charge < -0.3 is 15.1 Å². The van der Waals surface area contributed by atoms with E-state index in [-0.39, 0.29) is 17.5 Å².